The Kier molecular flexibility index (Phi) is 15.0. The molecule has 3 nitrogen and oxygen atoms in total. The zero-order chi connectivity index (χ0) is 75.4. The third-order valence-electron chi connectivity index (χ3n) is 25.0. The SMILES string of the molecule is CC1(C)c2ccccc2-c2ccc(N(c3ccccc3)c3ccc(-c4ccc5c(c4)Sc4cc6ccccc6cc4C54c5ccccc5-c5ccccc54)cc3)cc21.c1ccc(N(c2ccc(-c3ccc4c(c3)Sc3cc5ccccc5cc3C43c4ccccc4-c4ccccc43)cc2)c2cccc3c2oc2ccccc23)cc1. The lowest BCUT2D eigenvalue weighted by molar-refractivity contribution is 0.660. The molecule has 5 heteroatoms. The lowest BCUT2D eigenvalue weighted by Crippen LogP contribution is -2.32. The molecule has 0 saturated heterocycles. The van der Waals surface area contributed by atoms with Crippen LogP contribution in [0.3, 0.4) is 0 Å². The van der Waals surface area contributed by atoms with Crippen molar-refractivity contribution in [1.29, 1.82) is 0 Å². The van der Waals surface area contributed by atoms with Crippen LogP contribution in [-0.4, -0.2) is 0 Å². The van der Waals surface area contributed by atoms with Crippen LogP contribution in [0.2, 0.25) is 0 Å². The molecule has 114 heavy (non-hydrogen) atoms. The molecule has 0 radical (unpaired) electrons. The monoisotopic (exact) mass is 1490 g/mol. The topological polar surface area (TPSA) is 19.6 Å². The van der Waals surface area contributed by atoms with Gasteiger partial charge in [0.15, 0.2) is 5.58 Å². The molecule has 2 aliphatic heterocycles. The van der Waals surface area contributed by atoms with E-state index in [2.05, 4.69) is 412 Å². The predicted octanol–water partition coefficient (Wildman–Crippen LogP) is 29.8. The Morgan fingerprint density at radius 2 is 0.588 bits per heavy atom. The maximum Gasteiger partial charge on any atom is 0.159 e. The van der Waals surface area contributed by atoms with Crippen molar-refractivity contribution in [3.8, 4) is 55.6 Å². The van der Waals surface area contributed by atoms with Crippen LogP contribution in [0.25, 0.3) is 99.1 Å². The summed E-state index contributed by atoms with van der Waals surface area (Å²) in [7, 11) is 0. The maximum absolute atomic E-state index is 6.54. The predicted molar refractivity (Wildman–Crippen MR) is 476 cm³/mol. The largest absolute Gasteiger partial charge is 0.454 e. The van der Waals surface area contributed by atoms with Crippen LogP contribution in [0.5, 0.6) is 0 Å². The third-order valence-corrected chi connectivity index (χ3v) is 27.2. The van der Waals surface area contributed by atoms with Gasteiger partial charge in [-0.25, -0.2) is 0 Å². The van der Waals surface area contributed by atoms with Gasteiger partial charge in [-0.2, -0.15) is 0 Å². The molecule has 18 aromatic carbocycles. The Morgan fingerprint density at radius 3 is 1.09 bits per heavy atom. The first-order valence-corrected chi connectivity index (χ1v) is 41.0. The van der Waals surface area contributed by atoms with E-state index in [9.17, 15) is 0 Å². The van der Waals surface area contributed by atoms with Gasteiger partial charge in [-0.1, -0.05) is 329 Å². The molecule has 19 aromatic rings. The number of rotatable bonds is 8. The molecule has 0 fully saturated rings. The highest BCUT2D eigenvalue weighted by atomic mass is 32.2. The summed E-state index contributed by atoms with van der Waals surface area (Å²) < 4.78 is 6.54. The van der Waals surface area contributed by atoms with Crippen molar-refractivity contribution in [3.63, 3.8) is 0 Å². The molecule has 5 aliphatic rings. The van der Waals surface area contributed by atoms with Gasteiger partial charge in [-0.3, -0.25) is 0 Å². The number of furan rings is 1. The lowest BCUT2D eigenvalue weighted by atomic mass is 9.67. The molecular weight excluding hydrogens is 1420 g/mol. The zero-order valence-electron chi connectivity index (χ0n) is 62.7. The quantitative estimate of drug-likeness (QED) is 0.151. The second-order valence-electron chi connectivity index (χ2n) is 31.3. The van der Waals surface area contributed by atoms with Gasteiger partial charge in [-0.15, -0.1) is 0 Å². The van der Waals surface area contributed by atoms with E-state index in [4.69, 9.17) is 4.42 Å². The lowest BCUT2D eigenvalue weighted by Gasteiger charge is -2.40. The molecule has 0 bridgehead atoms. The minimum Gasteiger partial charge on any atom is -0.454 e. The summed E-state index contributed by atoms with van der Waals surface area (Å²) in [6.07, 6.45) is 0. The first kappa shape index (κ1) is 66.4. The van der Waals surface area contributed by atoms with E-state index in [1.807, 2.05) is 35.7 Å². The van der Waals surface area contributed by atoms with Crippen molar-refractivity contribution >= 4 is 101 Å². The van der Waals surface area contributed by atoms with Gasteiger partial charge in [0, 0.05) is 64.2 Å². The first-order valence-electron chi connectivity index (χ1n) is 39.4. The van der Waals surface area contributed by atoms with E-state index in [0.717, 1.165) is 56.1 Å². The van der Waals surface area contributed by atoms with Crippen LogP contribution >= 0.6 is 23.5 Å². The summed E-state index contributed by atoms with van der Waals surface area (Å²) in [5, 5.41) is 7.33. The number of fused-ring (bicyclic) bond motifs is 26. The summed E-state index contributed by atoms with van der Waals surface area (Å²) in [5.41, 5.74) is 33.9. The average molecular weight is 1490 g/mol. The minimum atomic E-state index is -0.413. The smallest absolute Gasteiger partial charge is 0.159 e. The molecule has 3 aliphatic carbocycles. The zero-order valence-corrected chi connectivity index (χ0v) is 64.4. The van der Waals surface area contributed by atoms with Crippen LogP contribution in [0.15, 0.2) is 424 Å². The normalized spacial score (nSPS) is 14.0. The number of benzene rings is 18. The van der Waals surface area contributed by atoms with E-state index >= 15 is 0 Å². The Balaban J connectivity index is 0.000000135. The molecule has 1 aromatic heterocycles. The molecular formula is C109H72N2OS2. The third kappa shape index (κ3) is 9.92. The summed E-state index contributed by atoms with van der Waals surface area (Å²) in [5.74, 6) is 0. The first-order chi connectivity index (χ1) is 56.2. The van der Waals surface area contributed by atoms with Crippen molar-refractivity contribution in [2.45, 2.75) is 49.7 Å². The van der Waals surface area contributed by atoms with Crippen LogP contribution in [0, 0.1) is 0 Å². The molecule has 2 spiro atoms. The van der Waals surface area contributed by atoms with Gasteiger partial charge in [0.25, 0.3) is 0 Å². The van der Waals surface area contributed by atoms with Crippen molar-refractivity contribution in [2.24, 2.45) is 0 Å². The molecule has 0 unspecified atom stereocenters. The van der Waals surface area contributed by atoms with Gasteiger partial charge in [0.2, 0.25) is 0 Å². The van der Waals surface area contributed by atoms with E-state index < -0.39 is 10.8 Å². The summed E-state index contributed by atoms with van der Waals surface area (Å²) in [6.45, 7) is 4.71. The van der Waals surface area contributed by atoms with Gasteiger partial charge < -0.3 is 14.2 Å². The number of hydrogen-bond acceptors (Lipinski definition) is 5. The molecule has 536 valence electrons. The van der Waals surface area contributed by atoms with Gasteiger partial charge in [-0.05, 0) is 242 Å². The molecule has 0 amide bonds. The van der Waals surface area contributed by atoms with Crippen molar-refractivity contribution in [1.82, 2.24) is 0 Å². The van der Waals surface area contributed by atoms with E-state index in [1.165, 1.54) is 152 Å². The van der Waals surface area contributed by atoms with E-state index in [1.54, 1.807) is 0 Å². The standard InChI is InChI=1S/C56H39NS.C53H33NOS/c1-55(2)47-21-11-8-18-43(47)46-30-29-42(35-51(46)55)57(40-16-4-3-5-17-40)41-27-24-36(25-28-41)39-26-31-50-53(34-39)58-54-33-38-15-7-6-14-37(38)32-52(54)56(50)48-22-12-9-19-44(48)45-20-10-13-23-49(45)56;1-2-15-38(16-3-1)54(48-23-12-20-43-42-19-8-11-24-49(42)55-52(43)48)39-28-25-34(26-29-39)37-27-30-46-50(33-37)56-51-32-36-14-5-4-13-35(36)31-47(51)53(46)44-21-9-6-17-40(44)41-18-7-10-22-45(41)53/h3-35H,1-2H3;1-33H. The van der Waals surface area contributed by atoms with Crippen LogP contribution in [0.4, 0.5) is 34.1 Å². The highest BCUT2D eigenvalue weighted by molar-refractivity contribution is 7.99. The van der Waals surface area contributed by atoms with E-state index in [-0.39, 0.29) is 5.41 Å². The summed E-state index contributed by atoms with van der Waals surface area (Å²) in [6, 6.07) is 148. The Morgan fingerprint density at radius 1 is 0.228 bits per heavy atom. The van der Waals surface area contributed by atoms with Crippen LogP contribution in [0.1, 0.15) is 69.5 Å². The highest BCUT2D eigenvalue weighted by Gasteiger charge is 2.52. The second-order valence-corrected chi connectivity index (χ2v) is 33.5. The number of nitrogens with zero attached hydrogens (tertiary/aromatic N) is 2. The van der Waals surface area contributed by atoms with Crippen molar-refractivity contribution < 1.29 is 4.42 Å². The molecule has 0 saturated carbocycles. The average Bonchev–Trinajstić information content (AvgIpc) is 1.57. The van der Waals surface area contributed by atoms with Crippen LogP contribution in [-0.2, 0) is 16.2 Å². The highest BCUT2D eigenvalue weighted by Crippen LogP contribution is 2.65. The Hall–Kier alpha value is -13.4. The Bertz CT molecular complexity index is 7070. The molecule has 3 heterocycles. The molecule has 0 atom stereocenters. The Labute approximate surface area is 671 Å². The molecule has 0 N–H and O–H groups in total. The van der Waals surface area contributed by atoms with Gasteiger partial charge in [0.1, 0.15) is 5.58 Å². The van der Waals surface area contributed by atoms with Crippen LogP contribution < -0.4 is 9.80 Å². The number of para-hydroxylation sites is 4. The fourth-order valence-electron chi connectivity index (χ4n) is 19.9. The number of hydrogen-bond donors (Lipinski definition) is 0. The summed E-state index contributed by atoms with van der Waals surface area (Å²) in [4.78, 5) is 9.94. The molecule has 24 rings (SSSR count). The van der Waals surface area contributed by atoms with E-state index in [0.29, 0.717) is 0 Å². The van der Waals surface area contributed by atoms with Gasteiger partial charge >= 0.3 is 0 Å². The second kappa shape index (κ2) is 25.8. The van der Waals surface area contributed by atoms with Crippen molar-refractivity contribution in [2.75, 3.05) is 9.80 Å². The fourth-order valence-corrected chi connectivity index (χ4v) is 22.4. The van der Waals surface area contributed by atoms with Gasteiger partial charge in [0.05, 0.1) is 16.5 Å². The minimum absolute atomic E-state index is 0.0759. The maximum atomic E-state index is 6.54. The fraction of sp³-hybridized carbons (Fsp3) is 0.0459. The van der Waals surface area contributed by atoms with Crippen molar-refractivity contribution in [3.05, 3.63) is 456 Å². The number of anilines is 6. The summed E-state index contributed by atoms with van der Waals surface area (Å²) >= 11 is 3.82.